The standard InChI is InChI=1S/C13H13BrN2O2/c14-11-8-9(3-5-12(11)15)16-13(17)6-4-10-2-1-7-18-10/h1-3,5,7-8H,4,6,15H2,(H,16,17). The van der Waals surface area contributed by atoms with Crippen LogP contribution >= 0.6 is 15.9 Å². The first-order valence-electron chi connectivity index (χ1n) is 5.52. The van der Waals surface area contributed by atoms with Crippen molar-refractivity contribution in [1.29, 1.82) is 0 Å². The number of nitrogens with two attached hydrogens (primary N) is 1. The number of benzene rings is 1. The number of aryl methyl sites for hydroxylation is 1. The summed E-state index contributed by atoms with van der Waals surface area (Å²) in [6.45, 7) is 0. The van der Waals surface area contributed by atoms with Gasteiger partial charge in [0.05, 0.1) is 6.26 Å². The summed E-state index contributed by atoms with van der Waals surface area (Å²) >= 11 is 3.32. The van der Waals surface area contributed by atoms with Crippen LogP contribution in [0.3, 0.4) is 0 Å². The molecule has 0 radical (unpaired) electrons. The maximum atomic E-state index is 11.7. The second-order valence-corrected chi connectivity index (χ2v) is 4.72. The third-order valence-electron chi connectivity index (χ3n) is 2.46. The van der Waals surface area contributed by atoms with Crippen LogP contribution in [0.25, 0.3) is 0 Å². The molecule has 18 heavy (non-hydrogen) atoms. The number of anilines is 2. The average Bonchev–Trinajstić information content (AvgIpc) is 2.84. The summed E-state index contributed by atoms with van der Waals surface area (Å²) in [6, 6.07) is 8.95. The minimum Gasteiger partial charge on any atom is -0.469 e. The van der Waals surface area contributed by atoms with Gasteiger partial charge < -0.3 is 15.5 Å². The number of nitrogen functional groups attached to an aromatic ring is 1. The topological polar surface area (TPSA) is 68.3 Å². The summed E-state index contributed by atoms with van der Waals surface area (Å²) in [7, 11) is 0. The first-order valence-corrected chi connectivity index (χ1v) is 6.32. The molecule has 2 rings (SSSR count). The molecule has 0 saturated carbocycles. The molecule has 0 spiro atoms. The van der Waals surface area contributed by atoms with E-state index < -0.39 is 0 Å². The van der Waals surface area contributed by atoms with Crippen molar-refractivity contribution in [2.45, 2.75) is 12.8 Å². The van der Waals surface area contributed by atoms with Crippen molar-refractivity contribution in [3.05, 3.63) is 46.8 Å². The van der Waals surface area contributed by atoms with Crippen LogP contribution in [0.5, 0.6) is 0 Å². The molecule has 1 aromatic carbocycles. The lowest BCUT2D eigenvalue weighted by Crippen LogP contribution is -2.12. The highest BCUT2D eigenvalue weighted by Crippen LogP contribution is 2.23. The van der Waals surface area contributed by atoms with E-state index in [4.69, 9.17) is 10.2 Å². The molecule has 0 unspecified atom stereocenters. The molecule has 1 amide bonds. The van der Waals surface area contributed by atoms with Crippen LogP contribution in [0.15, 0.2) is 45.5 Å². The number of amides is 1. The van der Waals surface area contributed by atoms with Crippen LogP contribution < -0.4 is 11.1 Å². The molecule has 1 heterocycles. The fourth-order valence-electron chi connectivity index (χ4n) is 1.52. The minimum absolute atomic E-state index is 0.0527. The summed E-state index contributed by atoms with van der Waals surface area (Å²) in [4.78, 5) is 11.7. The average molecular weight is 309 g/mol. The Labute approximate surface area is 113 Å². The molecule has 0 bridgehead atoms. The summed E-state index contributed by atoms with van der Waals surface area (Å²) in [5.74, 6) is 0.756. The highest BCUT2D eigenvalue weighted by atomic mass is 79.9. The van der Waals surface area contributed by atoms with Gasteiger partial charge in [-0.05, 0) is 46.3 Å². The third kappa shape index (κ3) is 3.37. The zero-order valence-corrected chi connectivity index (χ0v) is 11.2. The van der Waals surface area contributed by atoms with Gasteiger partial charge in [-0.25, -0.2) is 0 Å². The van der Waals surface area contributed by atoms with Crippen molar-refractivity contribution in [1.82, 2.24) is 0 Å². The van der Waals surface area contributed by atoms with E-state index in [1.165, 1.54) is 0 Å². The maximum absolute atomic E-state index is 11.7. The number of hydrogen-bond acceptors (Lipinski definition) is 3. The third-order valence-corrected chi connectivity index (χ3v) is 3.15. The van der Waals surface area contributed by atoms with E-state index in [1.54, 1.807) is 24.5 Å². The number of carbonyl (C=O) groups excluding carboxylic acids is 1. The van der Waals surface area contributed by atoms with E-state index in [-0.39, 0.29) is 5.91 Å². The van der Waals surface area contributed by atoms with Crippen molar-refractivity contribution in [2.75, 3.05) is 11.1 Å². The van der Waals surface area contributed by atoms with Crippen molar-refractivity contribution in [3.63, 3.8) is 0 Å². The van der Waals surface area contributed by atoms with Gasteiger partial charge in [-0.3, -0.25) is 4.79 Å². The van der Waals surface area contributed by atoms with Crippen LogP contribution in [-0.2, 0) is 11.2 Å². The van der Waals surface area contributed by atoms with E-state index in [0.717, 1.165) is 15.9 Å². The molecule has 1 aromatic heterocycles. The summed E-state index contributed by atoms with van der Waals surface area (Å²) in [5, 5.41) is 2.81. The Hall–Kier alpha value is -1.75. The Bertz CT molecular complexity index is 538. The maximum Gasteiger partial charge on any atom is 0.224 e. The van der Waals surface area contributed by atoms with Crippen LogP contribution in [-0.4, -0.2) is 5.91 Å². The highest BCUT2D eigenvalue weighted by molar-refractivity contribution is 9.10. The summed E-state index contributed by atoms with van der Waals surface area (Å²) < 4.78 is 5.93. The SMILES string of the molecule is Nc1ccc(NC(=O)CCc2ccco2)cc1Br. The number of nitrogens with one attached hydrogen (secondary N) is 1. The molecule has 3 N–H and O–H groups in total. The van der Waals surface area contributed by atoms with Gasteiger partial charge in [-0.2, -0.15) is 0 Å². The highest BCUT2D eigenvalue weighted by Gasteiger charge is 2.05. The zero-order valence-electron chi connectivity index (χ0n) is 9.65. The summed E-state index contributed by atoms with van der Waals surface area (Å²) in [5.41, 5.74) is 7.04. The number of furan rings is 1. The van der Waals surface area contributed by atoms with Gasteiger partial charge in [0.25, 0.3) is 0 Å². The lowest BCUT2D eigenvalue weighted by atomic mass is 10.2. The van der Waals surface area contributed by atoms with Crippen LogP contribution in [0.2, 0.25) is 0 Å². The lowest BCUT2D eigenvalue weighted by molar-refractivity contribution is -0.116. The lowest BCUT2D eigenvalue weighted by Gasteiger charge is -2.06. The Morgan fingerprint density at radius 3 is 2.89 bits per heavy atom. The van der Waals surface area contributed by atoms with Crippen molar-refractivity contribution in [2.24, 2.45) is 0 Å². The molecule has 0 aliphatic rings. The predicted molar refractivity (Wildman–Crippen MR) is 74.2 cm³/mol. The number of rotatable bonds is 4. The van der Waals surface area contributed by atoms with Gasteiger partial charge in [0.2, 0.25) is 5.91 Å². The Morgan fingerprint density at radius 1 is 1.39 bits per heavy atom. The number of carbonyl (C=O) groups is 1. The zero-order chi connectivity index (χ0) is 13.0. The van der Waals surface area contributed by atoms with Crippen molar-refractivity contribution < 1.29 is 9.21 Å². The molecule has 2 aromatic rings. The van der Waals surface area contributed by atoms with Crippen LogP contribution in [0.1, 0.15) is 12.2 Å². The number of hydrogen-bond donors (Lipinski definition) is 2. The van der Waals surface area contributed by atoms with E-state index in [0.29, 0.717) is 18.5 Å². The molecule has 4 nitrogen and oxygen atoms in total. The Morgan fingerprint density at radius 2 is 2.22 bits per heavy atom. The first-order chi connectivity index (χ1) is 8.65. The van der Waals surface area contributed by atoms with Gasteiger partial charge in [0.1, 0.15) is 5.76 Å². The molecule has 94 valence electrons. The molecule has 0 fully saturated rings. The quantitative estimate of drug-likeness (QED) is 0.852. The molecule has 0 atom stereocenters. The molecule has 5 heteroatoms. The van der Waals surface area contributed by atoms with E-state index in [2.05, 4.69) is 21.2 Å². The second kappa shape index (κ2) is 5.73. The van der Waals surface area contributed by atoms with Gasteiger partial charge in [0, 0.05) is 28.7 Å². The van der Waals surface area contributed by atoms with Gasteiger partial charge in [-0.1, -0.05) is 0 Å². The molecular weight excluding hydrogens is 296 g/mol. The Kier molecular flexibility index (Phi) is 4.04. The Balaban J connectivity index is 1.88. The fourth-order valence-corrected chi connectivity index (χ4v) is 1.90. The fraction of sp³-hybridized carbons (Fsp3) is 0.154. The van der Waals surface area contributed by atoms with Crippen molar-refractivity contribution in [3.8, 4) is 0 Å². The van der Waals surface area contributed by atoms with Gasteiger partial charge in [0.15, 0.2) is 0 Å². The van der Waals surface area contributed by atoms with E-state index in [9.17, 15) is 4.79 Å². The van der Waals surface area contributed by atoms with Gasteiger partial charge >= 0.3 is 0 Å². The smallest absolute Gasteiger partial charge is 0.224 e. The van der Waals surface area contributed by atoms with E-state index in [1.807, 2.05) is 12.1 Å². The van der Waals surface area contributed by atoms with Crippen molar-refractivity contribution >= 4 is 33.2 Å². The van der Waals surface area contributed by atoms with Crippen LogP contribution in [0, 0.1) is 0 Å². The first kappa shape index (κ1) is 12.7. The van der Waals surface area contributed by atoms with E-state index >= 15 is 0 Å². The second-order valence-electron chi connectivity index (χ2n) is 3.86. The molecular formula is C13H13BrN2O2. The van der Waals surface area contributed by atoms with Gasteiger partial charge in [-0.15, -0.1) is 0 Å². The molecule has 0 aliphatic carbocycles. The molecule has 0 saturated heterocycles. The predicted octanol–water partition coefficient (Wildman–Crippen LogP) is 3.20. The largest absolute Gasteiger partial charge is 0.469 e. The summed E-state index contributed by atoms with van der Waals surface area (Å²) in [6.07, 6.45) is 2.58. The minimum atomic E-state index is -0.0527. The monoisotopic (exact) mass is 308 g/mol. The van der Waals surface area contributed by atoms with Crippen LogP contribution in [0.4, 0.5) is 11.4 Å². The molecule has 0 aliphatic heterocycles. The number of halogens is 1. The normalized spacial score (nSPS) is 10.3.